The maximum absolute atomic E-state index is 4.95. The SMILES string of the molecule is CNc1nc(C2CCCCCC2)nc(C2CC2)c1I. The first-order chi connectivity index (χ1) is 9.29. The third-order valence-electron chi connectivity index (χ3n) is 4.32. The zero-order chi connectivity index (χ0) is 13.2. The molecule has 0 bridgehead atoms. The van der Waals surface area contributed by atoms with Gasteiger partial charge in [-0.05, 0) is 48.3 Å². The van der Waals surface area contributed by atoms with Crippen LogP contribution in [-0.4, -0.2) is 17.0 Å². The van der Waals surface area contributed by atoms with Crippen molar-refractivity contribution in [1.82, 2.24) is 9.97 Å². The zero-order valence-corrected chi connectivity index (χ0v) is 13.7. The Morgan fingerprint density at radius 1 is 0.947 bits per heavy atom. The molecule has 2 aliphatic carbocycles. The molecule has 3 rings (SSSR count). The summed E-state index contributed by atoms with van der Waals surface area (Å²) in [6.45, 7) is 0. The van der Waals surface area contributed by atoms with Crippen LogP contribution >= 0.6 is 22.6 Å². The minimum Gasteiger partial charge on any atom is -0.372 e. The van der Waals surface area contributed by atoms with Crippen LogP contribution in [0.4, 0.5) is 5.82 Å². The number of hydrogen-bond donors (Lipinski definition) is 1. The Bertz CT molecular complexity index is 449. The average molecular weight is 371 g/mol. The molecule has 1 aromatic heterocycles. The van der Waals surface area contributed by atoms with Gasteiger partial charge in [0.05, 0.1) is 9.26 Å². The van der Waals surface area contributed by atoms with Crippen molar-refractivity contribution in [2.45, 2.75) is 63.2 Å². The molecule has 19 heavy (non-hydrogen) atoms. The Labute approximate surface area is 129 Å². The van der Waals surface area contributed by atoms with Gasteiger partial charge in [-0.15, -0.1) is 0 Å². The molecule has 4 heteroatoms. The van der Waals surface area contributed by atoms with Crippen LogP contribution in [-0.2, 0) is 0 Å². The zero-order valence-electron chi connectivity index (χ0n) is 11.6. The lowest BCUT2D eigenvalue weighted by molar-refractivity contribution is 0.557. The molecule has 0 radical (unpaired) electrons. The summed E-state index contributed by atoms with van der Waals surface area (Å²) in [7, 11) is 1.97. The van der Waals surface area contributed by atoms with Gasteiger partial charge in [0.25, 0.3) is 0 Å². The van der Waals surface area contributed by atoms with E-state index >= 15 is 0 Å². The van der Waals surface area contributed by atoms with E-state index in [1.165, 1.54) is 60.6 Å². The van der Waals surface area contributed by atoms with E-state index in [1.807, 2.05) is 7.05 Å². The van der Waals surface area contributed by atoms with Crippen molar-refractivity contribution in [2.24, 2.45) is 0 Å². The van der Waals surface area contributed by atoms with Crippen LogP contribution in [0.2, 0.25) is 0 Å². The molecule has 1 heterocycles. The Hall–Kier alpha value is -0.390. The van der Waals surface area contributed by atoms with Crippen molar-refractivity contribution in [1.29, 1.82) is 0 Å². The first-order valence-electron chi connectivity index (χ1n) is 7.54. The predicted octanol–water partition coefficient (Wildman–Crippen LogP) is 4.44. The van der Waals surface area contributed by atoms with E-state index in [4.69, 9.17) is 9.97 Å². The van der Waals surface area contributed by atoms with E-state index in [0.717, 1.165) is 11.6 Å². The molecule has 1 N–H and O–H groups in total. The first kappa shape index (κ1) is 13.6. The Morgan fingerprint density at radius 3 is 2.21 bits per heavy atom. The lowest BCUT2D eigenvalue weighted by Gasteiger charge is -2.16. The standard InChI is InChI=1S/C15H22IN3/c1-17-15-12(16)13(10-8-9-10)18-14(19-15)11-6-4-2-3-5-7-11/h10-11H,2-9H2,1H3,(H,17,18,19). The van der Waals surface area contributed by atoms with Gasteiger partial charge in [0.15, 0.2) is 0 Å². The van der Waals surface area contributed by atoms with Gasteiger partial charge in [-0.2, -0.15) is 0 Å². The van der Waals surface area contributed by atoms with Crippen LogP contribution in [0.1, 0.15) is 74.7 Å². The van der Waals surface area contributed by atoms with Crippen LogP contribution in [0.3, 0.4) is 0 Å². The molecule has 104 valence electrons. The Balaban J connectivity index is 1.93. The minimum atomic E-state index is 0.587. The Morgan fingerprint density at radius 2 is 1.63 bits per heavy atom. The number of rotatable bonds is 3. The van der Waals surface area contributed by atoms with Crippen molar-refractivity contribution < 1.29 is 0 Å². The second kappa shape index (κ2) is 5.94. The van der Waals surface area contributed by atoms with Gasteiger partial charge in [-0.1, -0.05) is 25.7 Å². The number of nitrogens with one attached hydrogen (secondary N) is 1. The summed E-state index contributed by atoms with van der Waals surface area (Å²) in [6.07, 6.45) is 10.6. The fourth-order valence-corrected chi connectivity index (χ4v) is 3.95. The van der Waals surface area contributed by atoms with Crippen LogP contribution in [0, 0.1) is 3.57 Å². The summed E-state index contributed by atoms with van der Waals surface area (Å²) in [5.41, 5.74) is 1.30. The molecular formula is C15H22IN3. The highest BCUT2D eigenvalue weighted by atomic mass is 127. The molecule has 0 aromatic carbocycles. The molecule has 0 amide bonds. The lowest BCUT2D eigenvalue weighted by atomic mass is 9.99. The van der Waals surface area contributed by atoms with Gasteiger partial charge in [0.2, 0.25) is 0 Å². The van der Waals surface area contributed by atoms with Gasteiger partial charge in [0.1, 0.15) is 11.6 Å². The smallest absolute Gasteiger partial charge is 0.143 e. The molecule has 2 aliphatic rings. The first-order valence-corrected chi connectivity index (χ1v) is 8.62. The van der Waals surface area contributed by atoms with Crippen molar-refractivity contribution in [2.75, 3.05) is 12.4 Å². The lowest BCUT2D eigenvalue weighted by Crippen LogP contribution is -2.10. The molecule has 2 saturated carbocycles. The Kier molecular flexibility index (Phi) is 4.24. The van der Waals surface area contributed by atoms with E-state index in [2.05, 4.69) is 27.9 Å². The topological polar surface area (TPSA) is 37.8 Å². The molecule has 1 aromatic rings. The van der Waals surface area contributed by atoms with Crippen LogP contribution in [0.5, 0.6) is 0 Å². The number of anilines is 1. The summed E-state index contributed by atoms with van der Waals surface area (Å²) in [4.78, 5) is 9.75. The van der Waals surface area contributed by atoms with Gasteiger partial charge >= 0.3 is 0 Å². The highest BCUT2D eigenvalue weighted by Gasteiger charge is 2.30. The number of halogens is 1. The molecule has 0 spiro atoms. The fourth-order valence-electron chi connectivity index (χ4n) is 3.00. The van der Waals surface area contributed by atoms with Gasteiger partial charge in [-0.25, -0.2) is 9.97 Å². The maximum atomic E-state index is 4.95. The normalized spacial score (nSPS) is 21.2. The largest absolute Gasteiger partial charge is 0.372 e. The van der Waals surface area contributed by atoms with Crippen molar-refractivity contribution in [3.8, 4) is 0 Å². The van der Waals surface area contributed by atoms with Gasteiger partial charge in [0, 0.05) is 18.9 Å². The predicted molar refractivity (Wildman–Crippen MR) is 86.7 cm³/mol. The monoisotopic (exact) mass is 371 g/mol. The van der Waals surface area contributed by atoms with E-state index in [9.17, 15) is 0 Å². The third-order valence-corrected chi connectivity index (χ3v) is 5.38. The molecule has 3 nitrogen and oxygen atoms in total. The molecular weight excluding hydrogens is 349 g/mol. The molecule has 2 fully saturated rings. The quantitative estimate of drug-likeness (QED) is 0.631. The molecule has 0 saturated heterocycles. The van der Waals surface area contributed by atoms with Crippen LogP contribution < -0.4 is 5.32 Å². The van der Waals surface area contributed by atoms with E-state index in [1.54, 1.807) is 0 Å². The fraction of sp³-hybridized carbons (Fsp3) is 0.733. The summed E-state index contributed by atoms with van der Waals surface area (Å²) in [6, 6.07) is 0. The van der Waals surface area contributed by atoms with Crippen molar-refractivity contribution in [3.05, 3.63) is 15.1 Å². The maximum Gasteiger partial charge on any atom is 0.143 e. The second-order valence-electron chi connectivity index (χ2n) is 5.84. The van der Waals surface area contributed by atoms with Crippen molar-refractivity contribution in [3.63, 3.8) is 0 Å². The minimum absolute atomic E-state index is 0.587. The number of nitrogens with zero attached hydrogens (tertiary/aromatic N) is 2. The third kappa shape index (κ3) is 3.03. The highest BCUT2D eigenvalue weighted by molar-refractivity contribution is 14.1. The number of hydrogen-bond acceptors (Lipinski definition) is 3. The van der Waals surface area contributed by atoms with E-state index < -0.39 is 0 Å². The van der Waals surface area contributed by atoms with Crippen LogP contribution in [0.25, 0.3) is 0 Å². The summed E-state index contributed by atoms with van der Waals surface area (Å²) >= 11 is 2.40. The van der Waals surface area contributed by atoms with Crippen LogP contribution in [0.15, 0.2) is 0 Å². The van der Waals surface area contributed by atoms with Crippen molar-refractivity contribution >= 4 is 28.4 Å². The second-order valence-corrected chi connectivity index (χ2v) is 6.92. The summed E-state index contributed by atoms with van der Waals surface area (Å²) < 4.78 is 1.24. The number of aromatic nitrogens is 2. The molecule has 0 aliphatic heterocycles. The summed E-state index contributed by atoms with van der Waals surface area (Å²) in [5.74, 6) is 3.43. The summed E-state index contributed by atoms with van der Waals surface area (Å²) in [5, 5.41) is 3.25. The average Bonchev–Trinajstić information content (AvgIpc) is 3.26. The van der Waals surface area contributed by atoms with E-state index in [0.29, 0.717) is 11.8 Å². The molecule has 0 unspecified atom stereocenters. The van der Waals surface area contributed by atoms with Gasteiger partial charge < -0.3 is 5.32 Å². The highest BCUT2D eigenvalue weighted by Crippen LogP contribution is 2.43. The molecule has 0 atom stereocenters. The van der Waals surface area contributed by atoms with Gasteiger partial charge in [-0.3, -0.25) is 0 Å². The van der Waals surface area contributed by atoms with E-state index in [-0.39, 0.29) is 0 Å².